The topological polar surface area (TPSA) is 61.9 Å². The first kappa shape index (κ1) is 12.3. The summed E-state index contributed by atoms with van der Waals surface area (Å²) >= 11 is 0. The van der Waals surface area contributed by atoms with Gasteiger partial charge in [-0.25, -0.2) is 9.18 Å². The Bertz CT molecular complexity index is 618. The molecule has 2 rings (SSSR count). The van der Waals surface area contributed by atoms with Crippen LogP contribution in [-0.4, -0.2) is 25.9 Å². The van der Waals surface area contributed by atoms with Crippen molar-refractivity contribution in [2.75, 3.05) is 0 Å². The number of hydrogen-bond acceptors (Lipinski definition) is 4. The molecule has 0 aliphatic carbocycles. The van der Waals surface area contributed by atoms with Crippen LogP contribution in [0.1, 0.15) is 13.8 Å². The van der Waals surface area contributed by atoms with Gasteiger partial charge in [0.25, 0.3) is 0 Å². The summed E-state index contributed by atoms with van der Waals surface area (Å²) in [5.41, 5.74) is -0.226. The van der Waals surface area contributed by atoms with Crippen molar-refractivity contribution in [1.29, 1.82) is 0 Å². The second kappa shape index (κ2) is 4.59. The fourth-order valence-corrected chi connectivity index (χ4v) is 1.48. The number of aromatic nitrogens is 4. The van der Waals surface area contributed by atoms with Gasteiger partial charge in [-0.1, -0.05) is 6.07 Å². The van der Waals surface area contributed by atoms with Gasteiger partial charge in [0.15, 0.2) is 11.6 Å². The molecular formula is C11H13FN4O2. The number of aryl methyl sites for hydroxylation is 1. The van der Waals surface area contributed by atoms with Crippen LogP contribution in [0.2, 0.25) is 0 Å². The van der Waals surface area contributed by atoms with Gasteiger partial charge < -0.3 is 4.74 Å². The Kier molecular flexibility index (Phi) is 3.14. The van der Waals surface area contributed by atoms with Crippen LogP contribution in [-0.2, 0) is 7.05 Å². The van der Waals surface area contributed by atoms with Gasteiger partial charge in [0.2, 0.25) is 0 Å². The minimum Gasteiger partial charge on any atom is -0.486 e. The number of nitrogens with zero attached hydrogens (tertiary/aromatic N) is 4. The molecule has 0 unspecified atom stereocenters. The maximum absolute atomic E-state index is 13.7. The average Bonchev–Trinajstić information content (AvgIpc) is 2.62. The van der Waals surface area contributed by atoms with Crippen LogP contribution in [0.4, 0.5) is 4.39 Å². The van der Waals surface area contributed by atoms with Crippen LogP contribution in [0.15, 0.2) is 23.0 Å². The van der Waals surface area contributed by atoms with E-state index in [1.54, 1.807) is 19.9 Å². The molecule has 0 bridgehead atoms. The predicted octanol–water partition coefficient (Wildman–Crippen LogP) is 0.892. The summed E-state index contributed by atoms with van der Waals surface area (Å²) in [5, 5.41) is 7.25. The third-order valence-corrected chi connectivity index (χ3v) is 2.25. The number of benzene rings is 1. The van der Waals surface area contributed by atoms with E-state index in [0.717, 1.165) is 9.36 Å². The molecule has 6 nitrogen and oxygen atoms in total. The summed E-state index contributed by atoms with van der Waals surface area (Å²) in [4.78, 5) is 11.7. The zero-order valence-corrected chi connectivity index (χ0v) is 10.3. The van der Waals surface area contributed by atoms with Gasteiger partial charge in [-0.05, 0) is 36.4 Å². The summed E-state index contributed by atoms with van der Waals surface area (Å²) in [6.07, 6.45) is -0.215. The minimum absolute atomic E-state index is 0.00454. The van der Waals surface area contributed by atoms with Crippen molar-refractivity contribution in [2.45, 2.75) is 20.0 Å². The van der Waals surface area contributed by atoms with E-state index in [0.29, 0.717) is 0 Å². The Morgan fingerprint density at radius 2 is 2.06 bits per heavy atom. The van der Waals surface area contributed by atoms with E-state index in [9.17, 15) is 9.18 Å². The largest absolute Gasteiger partial charge is 0.486 e. The number of para-hydroxylation sites is 1. The Morgan fingerprint density at radius 1 is 1.33 bits per heavy atom. The molecule has 0 atom stereocenters. The van der Waals surface area contributed by atoms with Crippen molar-refractivity contribution < 1.29 is 9.13 Å². The van der Waals surface area contributed by atoms with Crippen molar-refractivity contribution >= 4 is 0 Å². The molecule has 0 aliphatic rings. The molecule has 0 saturated heterocycles. The van der Waals surface area contributed by atoms with E-state index in [1.165, 1.54) is 19.2 Å². The normalized spacial score (nSPS) is 10.9. The summed E-state index contributed by atoms with van der Waals surface area (Å²) in [7, 11) is 1.47. The Hall–Kier alpha value is -2.18. The third-order valence-electron chi connectivity index (χ3n) is 2.25. The lowest BCUT2D eigenvalue weighted by atomic mass is 10.2. The lowest BCUT2D eigenvalue weighted by Gasteiger charge is -2.13. The zero-order valence-electron chi connectivity index (χ0n) is 10.3. The molecular weight excluding hydrogens is 239 g/mol. The molecule has 0 saturated carbocycles. The molecule has 1 heterocycles. The molecule has 0 spiro atoms. The predicted molar refractivity (Wildman–Crippen MR) is 62.3 cm³/mol. The fraction of sp³-hybridized carbons (Fsp3) is 0.364. The van der Waals surface area contributed by atoms with Crippen LogP contribution in [0, 0.1) is 5.82 Å². The van der Waals surface area contributed by atoms with E-state index in [-0.39, 0.29) is 17.5 Å². The molecule has 0 radical (unpaired) electrons. The van der Waals surface area contributed by atoms with Gasteiger partial charge in [0.05, 0.1) is 6.10 Å². The molecule has 96 valence electrons. The van der Waals surface area contributed by atoms with Crippen molar-refractivity contribution in [3.05, 3.63) is 34.5 Å². The summed E-state index contributed by atoms with van der Waals surface area (Å²) < 4.78 is 21.2. The number of halogens is 1. The molecule has 18 heavy (non-hydrogen) atoms. The molecule has 0 fully saturated rings. The summed E-state index contributed by atoms with van der Waals surface area (Å²) in [6.45, 7) is 3.55. The second-order valence-corrected chi connectivity index (χ2v) is 4.05. The Balaban J connectivity index is 2.60. The molecule has 1 aromatic heterocycles. The van der Waals surface area contributed by atoms with Gasteiger partial charge in [0, 0.05) is 7.05 Å². The monoisotopic (exact) mass is 252 g/mol. The van der Waals surface area contributed by atoms with Crippen molar-refractivity contribution in [3.63, 3.8) is 0 Å². The SMILES string of the molecule is CC(C)Oc1c(F)cccc1-n1nnn(C)c1=O. The fourth-order valence-electron chi connectivity index (χ4n) is 1.48. The third kappa shape index (κ3) is 2.11. The molecule has 2 aromatic rings. The maximum atomic E-state index is 13.7. The van der Waals surface area contributed by atoms with Crippen LogP contribution >= 0.6 is 0 Å². The number of ether oxygens (including phenoxy) is 1. The molecule has 0 N–H and O–H groups in total. The zero-order chi connectivity index (χ0) is 13.3. The standard InChI is InChI=1S/C11H13FN4O2/c1-7(2)18-10-8(12)5-4-6-9(10)16-11(17)15(3)13-14-16/h4-7H,1-3H3. The van der Waals surface area contributed by atoms with Gasteiger partial charge in [-0.3, -0.25) is 0 Å². The first-order chi connectivity index (χ1) is 8.50. The van der Waals surface area contributed by atoms with E-state index in [1.807, 2.05) is 0 Å². The van der Waals surface area contributed by atoms with Gasteiger partial charge in [-0.2, -0.15) is 9.36 Å². The van der Waals surface area contributed by atoms with E-state index in [4.69, 9.17) is 4.74 Å². The number of hydrogen-bond donors (Lipinski definition) is 0. The number of tetrazole rings is 1. The highest BCUT2D eigenvalue weighted by Crippen LogP contribution is 2.25. The van der Waals surface area contributed by atoms with Crippen molar-refractivity contribution in [1.82, 2.24) is 19.8 Å². The van der Waals surface area contributed by atoms with Crippen LogP contribution in [0.5, 0.6) is 5.75 Å². The quantitative estimate of drug-likeness (QED) is 0.814. The first-order valence-electron chi connectivity index (χ1n) is 5.45. The summed E-state index contributed by atoms with van der Waals surface area (Å²) in [5.74, 6) is -0.547. The first-order valence-corrected chi connectivity index (χ1v) is 5.45. The van der Waals surface area contributed by atoms with Crippen molar-refractivity contribution in [2.24, 2.45) is 7.05 Å². The lowest BCUT2D eigenvalue weighted by molar-refractivity contribution is 0.230. The highest BCUT2D eigenvalue weighted by atomic mass is 19.1. The van der Waals surface area contributed by atoms with Crippen LogP contribution < -0.4 is 10.4 Å². The highest BCUT2D eigenvalue weighted by molar-refractivity contribution is 5.46. The maximum Gasteiger partial charge on any atom is 0.368 e. The Morgan fingerprint density at radius 3 is 2.61 bits per heavy atom. The summed E-state index contributed by atoms with van der Waals surface area (Å²) in [6, 6.07) is 4.30. The lowest BCUT2D eigenvalue weighted by Crippen LogP contribution is -2.23. The Labute approximate surface area is 103 Å². The van der Waals surface area contributed by atoms with E-state index >= 15 is 0 Å². The smallest absolute Gasteiger partial charge is 0.368 e. The average molecular weight is 252 g/mol. The van der Waals surface area contributed by atoms with Gasteiger partial charge in [0.1, 0.15) is 5.69 Å². The van der Waals surface area contributed by atoms with E-state index < -0.39 is 11.5 Å². The van der Waals surface area contributed by atoms with Gasteiger partial charge >= 0.3 is 5.69 Å². The highest BCUT2D eigenvalue weighted by Gasteiger charge is 2.16. The molecule has 7 heteroatoms. The number of rotatable bonds is 3. The molecule has 0 amide bonds. The molecule has 0 aliphatic heterocycles. The second-order valence-electron chi connectivity index (χ2n) is 4.05. The van der Waals surface area contributed by atoms with E-state index in [2.05, 4.69) is 10.4 Å². The van der Waals surface area contributed by atoms with Crippen molar-refractivity contribution in [3.8, 4) is 11.4 Å². The molecule has 1 aromatic carbocycles. The van der Waals surface area contributed by atoms with Crippen LogP contribution in [0.3, 0.4) is 0 Å². The minimum atomic E-state index is -0.543. The van der Waals surface area contributed by atoms with Crippen LogP contribution in [0.25, 0.3) is 5.69 Å². The van der Waals surface area contributed by atoms with Gasteiger partial charge in [-0.15, -0.1) is 0 Å².